The van der Waals surface area contributed by atoms with Gasteiger partial charge in [-0.25, -0.2) is 4.98 Å². The van der Waals surface area contributed by atoms with Gasteiger partial charge >= 0.3 is 6.18 Å². The predicted molar refractivity (Wildman–Crippen MR) is 94.4 cm³/mol. The van der Waals surface area contributed by atoms with Gasteiger partial charge in [0.25, 0.3) is 5.56 Å². The molecule has 2 aromatic heterocycles. The second kappa shape index (κ2) is 6.47. The largest absolute Gasteiger partial charge is 0.449 e. The monoisotopic (exact) mass is 383 g/mol. The molecule has 27 heavy (non-hydrogen) atoms. The summed E-state index contributed by atoms with van der Waals surface area (Å²) in [6.07, 6.45) is -4.34. The fourth-order valence-corrected chi connectivity index (χ4v) is 3.53. The van der Waals surface area contributed by atoms with Crippen molar-refractivity contribution in [2.24, 2.45) is 0 Å². The molecule has 2 aromatic rings. The summed E-state index contributed by atoms with van der Waals surface area (Å²) in [6.45, 7) is 11.6. The molecule has 9 heteroatoms. The fraction of sp³-hybridized carbons (Fsp3) is 0.611. The Kier molecular flexibility index (Phi) is 4.70. The van der Waals surface area contributed by atoms with Gasteiger partial charge in [0.2, 0.25) is 5.82 Å². The molecule has 0 radical (unpaired) electrons. The Labute approximate surface area is 155 Å². The van der Waals surface area contributed by atoms with Gasteiger partial charge < -0.3 is 4.98 Å². The first-order valence-electron chi connectivity index (χ1n) is 8.85. The van der Waals surface area contributed by atoms with Gasteiger partial charge in [-0.1, -0.05) is 0 Å². The van der Waals surface area contributed by atoms with Crippen molar-refractivity contribution in [2.45, 2.75) is 65.8 Å². The van der Waals surface area contributed by atoms with E-state index in [1.165, 1.54) is 0 Å². The maximum absolute atomic E-state index is 12.8. The highest BCUT2D eigenvalue weighted by Crippen LogP contribution is 2.27. The van der Waals surface area contributed by atoms with Gasteiger partial charge in [0.1, 0.15) is 0 Å². The number of H-pyrrole nitrogens is 1. The van der Waals surface area contributed by atoms with Crippen LogP contribution < -0.4 is 5.56 Å². The van der Waals surface area contributed by atoms with Gasteiger partial charge in [-0.2, -0.15) is 18.3 Å². The molecule has 148 valence electrons. The minimum Gasteiger partial charge on any atom is -0.303 e. The Morgan fingerprint density at radius 2 is 1.85 bits per heavy atom. The third-order valence-corrected chi connectivity index (χ3v) is 4.87. The third-order valence-electron chi connectivity index (χ3n) is 4.87. The number of nitrogens with zero attached hydrogens (tertiary/aromatic N) is 4. The molecule has 3 rings (SSSR count). The molecule has 6 nitrogen and oxygen atoms in total. The van der Waals surface area contributed by atoms with Gasteiger partial charge in [-0.3, -0.25) is 14.4 Å². The van der Waals surface area contributed by atoms with Crippen LogP contribution in [0.2, 0.25) is 0 Å². The number of aromatic amines is 1. The molecule has 1 aliphatic rings. The van der Waals surface area contributed by atoms with Gasteiger partial charge in [0.15, 0.2) is 0 Å². The summed E-state index contributed by atoms with van der Waals surface area (Å²) >= 11 is 0. The zero-order valence-electron chi connectivity index (χ0n) is 16.2. The van der Waals surface area contributed by atoms with Crippen molar-refractivity contribution in [1.29, 1.82) is 0 Å². The van der Waals surface area contributed by atoms with Crippen molar-refractivity contribution < 1.29 is 13.2 Å². The highest BCUT2D eigenvalue weighted by molar-refractivity contribution is 5.27. The molecule has 3 heterocycles. The number of hydrogen-bond acceptors (Lipinski definition) is 4. The predicted octanol–water partition coefficient (Wildman–Crippen LogP) is 2.92. The lowest BCUT2D eigenvalue weighted by Crippen LogP contribution is -2.37. The second-order valence-electron chi connectivity index (χ2n) is 8.03. The van der Waals surface area contributed by atoms with E-state index in [9.17, 15) is 18.0 Å². The average molecular weight is 383 g/mol. The molecule has 0 fully saturated rings. The van der Waals surface area contributed by atoms with E-state index in [0.717, 1.165) is 17.0 Å². The van der Waals surface area contributed by atoms with Crippen molar-refractivity contribution in [2.75, 3.05) is 6.54 Å². The maximum Gasteiger partial charge on any atom is 0.449 e. The van der Waals surface area contributed by atoms with Crippen molar-refractivity contribution in [1.82, 2.24) is 24.6 Å². The Morgan fingerprint density at radius 3 is 2.41 bits per heavy atom. The van der Waals surface area contributed by atoms with Gasteiger partial charge in [0.05, 0.1) is 22.5 Å². The molecule has 1 aliphatic heterocycles. The lowest BCUT2D eigenvalue weighted by molar-refractivity contribution is -0.145. The first-order valence-corrected chi connectivity index (χ1v) is 8.85. The number of alkyl halides is 3. The standard InChI is InChI=1S/C18H24F3N5O/c1-10-12(11(2)26(24-10)17(3,4)5)8-25-7-6-14-13(9-25)15(27)23-16(22-14)18(19,20)21/h6-9H2,1-5H3,(H,22,23,27). The van der Waals surface area contributed by atoms with E-state index >= 15 is 0 Å². The SMILES string of the molecule is Cc1nn(C(C)(C)C)c(C)c1CN1CCc2nc(C(F)(F)F)[nH]c(=O)c2C1. The highest BCUT2D eigenvalue weighted by Gasteiger charge is 2.36. The minimum absolute atomic E-state index is 0.142. The summed E-state index contributed by atoms with van der Waals surface area (Å²) in [5.74, 6) is -1.22. The summed E-state index contributed by atoms with van der Waals surface area (Å²) in [4.78, 5) is 19.7. The first-order chi connectivity index (χ1) is 12.4. The number of aromatic nitrogens is 4. The molecule has 0 saturated heterocycles. The molecule has 0 spiro atoms. The average Bonchev–Trinajstić information content (AvgIpc) is 2.82. The van der Waals surface area contributed by atoms with Crippen molar-refractivity contribution in [3.8, 4) is 0 Å². The van der Waals surface area contributed by atoms with Crippen molar-refractivity contribution >= 4 is 0 Å². The highest BCUT2D eigenvalue weighted by atomic mass is 19.4. The Balaban J connectivity index is 1.86. The van der Waals surface area contributed by atoms with E-state index in [0.29, 0.717) is 25.1 Å². The van der Waals surface area contributed by atoms with Crippen LogP contribution in [0.1, 0.15) is 54.8 Å². The van der Waals surface area contributed by atoms with E-state index in [1.54, 1.807) is 0 Å². The lowest BCUT2D eigenvalue weighted by atomic mass is 10.0. The number of fused-ring (bicyclic) bond motifs is 1. The number of halogens is 3. The van der Waals surface area contributed by atoms with E-state index in [4.69, 9.17) is 0 Å². The van der Waals surface area contributed by atoms with E-state index in [2.05, 4.69) is 35.8 Å². The maximum atomic E-state index is 12.8. The summed E-state index contributed by atoms with van der Waals surface area (Å²) in [6, 6.07) is 0. The molecule has 1 N–H and O–H groups in total. The summed E-state index contributed by atoms with van der Waals surface area (Å²) in [5, 5.41) is 4.63. The van der Waals surface area contributed by atoms with Crippen LogP contribution in [0.3, 0.4) is 0 Å². The quantitative estimate of drug-likeness (QED) is 0.866. The van der Waals surface area contributed by atoms with Crippen LogP contribution in [0.15, 0.2) is 4.79 Å². The molecule has 0 unspecified atom stereocenters. The fourth-order valence-electron chi connectivity index (χ4n) is 3.53. The van der Waals surface area contributed by atoms with E-state index < -0.39 is 17.6 Å². The molecule has 0 aliphatic carbocycles. The number of aryl methyl sites for hydroxylation is 1. The normalized spacial score (nSPS) is 15.9. The van der Waals surface area contributed by atoms with Crippen LogP contribution in [-0.2, 0) is 31.2 Å². The van der Waals surface area contributed by atoms with Gasteiger partial charge in [0, 0.05) is 37.3 Å². The third kappa shape index (κ3) is 3.78. The van der Waals surface area contributed by atoms with Crippen LogP contribution in [0, 0.1) is 13.8 Å². The van der Waals surface area contributed by atoms with Crippen LogP contribution in [0.5, 0.6) is 0 Å². The number of rotatable bonds is 2. The first kappa shape index (κ1) is 19.6. The van der Waals surface area contributed by atoms with Gasteiger partial charge in [-0.05, 0) is 34.6 Å². The molecule has 0 saturated carbocycles. The van der Waals surface area contributed by atoms with Crippen molar-refractivity contribution in [3.63, 3.8) is 0 Å². The number of nitrogens with one attached hydrogen (secondary N) is 1. The topological polar surface area (TPSA) is 66.8 Å². The Morgan fingerprint density at radius 1 is 1.19 bits per heavy atom. The molecule has 0 amide bonds. The van der Waals surface area contributed by atoms with E-state index in [1.807, 2.05) is 23.5 Å². The van der Waals surface area contributed by atoms with Crippen LogP contribution in [-0.4, -0.2) is 31.2 Å². The van der Waals surface area contributed by atoms with Crippen LogP contribution in [0.4, 0.5) is 13.2 Å². The zero-order chi connectivity index (χ0) is 20.1. The van der Waals surface area contributed by atoms with E-state index in [-0.39, 0.29) is 17.8 Å². The molecule has 0 atom stereocenters. The van der Waals surface area contributed by atoms with Gasteiger partial charge in [-0.15, -0.1) is 0 Å². The molecular weight excluding hydrogens is 359 g/mol. The lowest BCUT2D eigenvalue weighted by Gasteiger charge is -2.28. The summed E-state index contributed by atoms with van der Waals surface area (Å²) < 4.78 is 40.5. The Hall–Kier alpha value is -2.16. The van der Waals surface area contributed by atoms with Crippen LogP contribution >= 0.6 is 0 Å². The summed E-state index contributed by atoms with van der Waals surface area (Å²) in [5.41, 5.74) is 2.77. The number of hydrogen-bond donors (Lipinski definition) is 1. The summed E-state index contributed by atoms with van der Waals surface area (Å²) in [7, 11) is 0. The smallest absolute Gasteiger partial charge is 0.303 e. The molecule has 0 aromatic carbocycles. The Bertz CT molecular complexity index is 921. The minimum atomic E-state index is -4.65. The molecular formula is C18H24F3N5O. The van der Waals surface area contributed by atoms with Crippen molar-refractivity contribution in [3.05, 3.63) is 44.4 Å². The molecule has 0 bridgehead atoms. The van der Waals surface area contributed by atoms with Crippen LogP contribution in [0.25, 0.3) is 0 Å². The second-order valence-corrected chi connectivity index (χ2v) is 8.03. The zero-order valence-corrected chi connectivity index (χ0v) is 16.2.